The molecule has 0 saturated carbocycles. The molecule has 2 aliphatic rings. The molecule has 1 aromatic heterocycles. The highest BCUT2D eigenvalue weighted by Crippen LogP contribution is 2.30. The molecule has 6 heteroatoms. The fourth-order valence-corrected chi connectivity index (χ4v) is 3.06. The smallest absolute Gasteiger partial charge is 0.248 e. The SMILES string of the molecule is CN1CC2(CCN(Cc3nccn3C)CC2)OCC1=O. The minimum Gasteiger partial charge on any atom is -0.363 e. The van der Waals surface area contributed by atoms with Crippen molar-refractivity contribution in [2.75, 3.05) is 33.3 Å². The van der Waals surface area contributed by atoms with Gasteiger partial charge in [-0.2, -0.15) is 0 Å². The van der Waals surface area contributed by atoms with Gasteiger partial charge in [-0.1, -0.05) is 0 Å². The molecule has 3 rings (SSSR count). The molecule has 6 nitrogen and oxygen atoms in total. The van der Waals surface area contributed by atoms with Crippen LogP contribution in [0.2, 0.25) is 0 Å². The minimum absolute atomic E-state index is 0.0889. The number of imidazole rings is 1. The third-order valence-corrected chi connectivity index (χ3v) is 4.51. The van der Waals surface area contributed by atoms with Crippen LogP contribution in [0.5, 0.6) is 0 Å². The molecule has 20 heavy (non-hydrogen) atoms. The van der Waals surface area contributed by atoms with Crippen molar-refractivity contribution in [3.63, 3.8) is 0 Å². The number of amides is 1. The number of hydrogen-bond donors (Lipinski definition) is 0. The van der Waals surface area contributed by atoms with Gasteiger partial charge in [0.2, 0.25) is 5.91 Å². The van der Waals surface area contributed by atoms with Gasteiger partial charge < -0.3 is 14.2 Å². The molecule has 0 bridgehead atoms. The van der Waals surface area contributed by atoms with E-state index in [-0.39, 0.29) is 18.1 Å². The zero-order valence-corrected chi connectivity index (χ0v) is 12.2. The summed E-state index contributed by atoms with van der Waals surface area (Å²) in [4.78, 5) is 20.1. The number of likely N-dealkylation sites (N-methyl/N-ethyl adjacent to an activating group) is 1. The maximum atomic E-state index is 11.5. The topological polar surface area (TPSA) is 50.6 Å². The molecule has 3 heterocycles. The monoisotopic (exact) mass is 278 g/mol. The van der Waals surface area contributed by atoms with E-state index >= 15 is 0 Å². The standard InChI is InChI=1S/C14H22N4O2/c1-16-8-5-15-12(16)9-18-6-3-14(4-7-18)11-17(2)13(19)10-20-14/h5,8H,3-4,6-7,9-11H2,1-2H3. The van der Waals surface area contributed by atoms with Crippen LogP contribution in [0.25, 0.3) is 0 Å². The molecule has 2 fully saturated rings. The number of ether oxygens (including phenoxy) is 1. The van der Waals surface area contributed by atoms with E-state index in [1.165, 1.54) is 0 Å². The number of likely N-dealkylation sites (tertiary alicyclic amines) is 1. The first-order chi connectivity index (χ1) is 9.58. The number of nitrogens with zero attached hydrogens (tertiary/aromatic N) is 4. The highest BCUT2D eigenvalue weighted by Gasteiger charge is 2.41. The Morgan fingerprint density at radius 1 is 1.35 bits per heavy atom. The maximum absolute atomic E-state index is 11.5. The molecule has 0 aliphatic carbocycles. The second-order valence-corrected chi connectivity index (χ2v) is 5.95. The van der Waals surface area contributed by atoms with E-state index in [2.05, 4.69) is 14.5 Å². The first-order valence-electron chi connectivity index (χ1n) is 7.14. The number of carbonyl (C=O) groups is 1. The number of aromatic nitrogens is 2. The lowest BCUT2D eigenvalue weighted by Gasteiger charge is -2.46. The Labute approximate surface area is 119 Å². The van der Waals surface area contributed by atoms with Crippen molar-refractivity contribution in [1.82, 2.24) is 19.4 Å². The van der Waals surface area contributed by atoms with Crippen molar-refractivity contribution in [3.8, 4) is 0 Å². The van der Waals surface area contributed by atoms with Gasteiger partial charge in [-0.3, -0.25) is 9.69 Å². The number of piperidine rings is 1. The van der Waals surface area contributed by atoms with E-state index in [9.17, 15) is 4.79 Å². The van der Waals surface area contributed by atoms with Crippen LogP contribution in [0.1, 0.15) is 18.7 Å². The van der Waals surface area contributed by atoms with Gasteiger partial charge in [-0.05, 0) is 12.8 Å². The van der Waals surface area contributed by atoms with Gasteiger partial charge in [0.25, 0.3) is 0 Å². The molecule has 110 valence electrons. The van der Waals surface area contributed by atoms with Crippen LogP contribution in [0.3, 0.4) is 0 Å². The summed E-state index contributed by atoms with van der Waals surface area (Å²) >= 11 is 0. The van der Waals surface area contributed by atoms with Crippen molar-refractivity contribution in [1.29, 1.82) is 0 Å². The average molecular weight is 278 g/mol. The first kappa shape index (κ1) is 13.6. The number of aryl methyl sites for hydroxylation is 1. The van der Waals surface area contributed by atoms with Crippen LogP contribution >= 0.6 is 0 Å². The normalized spacial score (nSPS) is 23.5. The Hall–Kier alpha value is -1.40. The summed E-state index contributed by atoms with van der Waals surface area (Å²) in [6, 6.07) is 0. The van der Waals surface area contributed by atoms with Gasteiger partial charge in [0.05, 0.1) is 12.1 Å². The van der Waals surface area contributed by atoms with Crippen molar-refractivity contribution in [3.05, 3.63) is 18.2 Å². The fourth-order valence-electron chi connectivity index (χ4n) is 3.06. The van der Waals surface area contributed by atoms with Gasteiger partial charge in [0.1, 0.15) is 12.4 Å². The van der Waals surface area contributed by atoms with Crippen LogP contribution in [0.15, 0.2) is 12.4 Å². The van der Waals surface area contributed by atoms with Crippen molar-refractivity contribution >= 4 is 5.91 Å². The molecule has 2 aliphatic heterocycles. The van der Waals surface area contributed by atoms with Gasteiger partial charge in [-0.15, -0.1) is 0 Å². The quantitative estimate of drug-likeness (QED) is 0.778. The van der Waals surface area contributed by atoms with Gasteiger partial charge in [-0.25, -0.2) is 4.98 Å². The summed E-state index contributed by atoms with van der Waals surface area (Å²) in [6.07, 6.45) is 5.78. The Kier molecular flexibility index (Phi) is 3.52. The Morgan fingerprint density at radius 2 is 2.10 bits per heavy atom. The van der Waals surface area contributed by atoms with Crippen LogP contribution in [0, 0.1) is 0 Å². The molecular weight excluding hydrogens is 256 g/mol. The van der Waals surface area contributed by atoms with Gasteiger partial charge in [0, 0.05) is 46.1 Å². The number of carbonyl (C=O) groups excluding carboxylic acids is 1. The number of rotatable bonds is 2. The maximum Gasteiger partial charge on any atom is 0.248 e. The first-order valence-corrected chi connectivity index (χ1v) is 7.14. The molecule has 1 amide bonds. The third-order valence-electron chi connectivity index (χ3n) is 4.51. The predicted molar refractivity (Wildman–Crippen MR) is 74.0 cm³/mol. The van der Waals surface area contributed by atoms with Gasteiger partial charge >= 0.3 is 0 Å². The summed E-state index contributed by atoms with van der Waals surface area (Å²) in [6.45, 7) is 3.83. The second kappa shape index (κ2) is 5.18. The highest BCUT2D eigenvalue weighted by atomic mass is 16.5. The molecule has 0 N–H and O–H groups in total. The third kappa shape index (κ3) is 2.58. The highest BCUT2D eigenvalue weighted by molar-refractivity contribution is 5.78. The van der Waals surface area contributed by atoms with E-state index in [1.54, 1.807) is 4.90 Å². The molecular formula is C14H22N4O2. The summed E-state index contributed by atoms with van der Waals surface area (Å²) < 4.78 is 7.92. The molecule has 0 atom stereocenters. The van der Waals surface area contributed by atoms with E-state index < -0.39 is 0 Å². The van der Waals surface area contributed by atoms with Crippen LogP contribution in [-0.4, -0.2) is 64.1 Å². The second-order valence-electron chi connectivity index (χ2n) is 5.95. The van der Waals surface area contributed by atoms with Crippen LogP contribution in [-0.2, 0) is 23.1 Å². The lowest BCUT2D eigenvalue weighted by atomic mass is 9.89. The lowest BCUT2D eigenvalue weighted by Crippen LogP contribution is -2.57. The molecule has 1 spiro atoms. The van der Waals surface area contributed by atoms with E-state index in [1.807, 2.05) is 26.5 Å². The van der Waals surface area contributed by atoms with Crippen molar-refractivity contribution in [2.24, 2.45) is 7.05 Å². The molecule has 2 saturated heterocycles. The summed E-state index contributed by atoms with van der Waals surface area (Å²) in [5.41, 5.74) is -0.124. The summed E-state index contributed by atoms with van der Waals surface area (Å²) in [7, 11) is 3.89. The largest absolute Gasteiger partial charge is 0.363 e. The molecule has 1 aromatic rings. The zero-order chi connectivity index (χ0) is 14.2. The number of hydrogen-bond acceptors (Lipinski definition) is 4. The van der Waals surface area contributed by atoms with Crippen molar-refractivity contribution < 1.29 is 9.53 Å². The summed E-state index contributed by atoms with van der Waals surface area (Å²) in [5.74, 6) is 1.18. The lowest BCUT2D eigenvalue weighted by molar-refractivity contribution is -0.169. The minimum atomic E-state index is -0.124. The Bertz CT molecular complexity index is 491. The molecule has 0 aromatic carbocycles. The zero-order valence-electron chi connectivity index (χ0n) is 12.2. The number of morpholine rings is 1. The van der Waals surface area contributed by atoms with E-state index in [0.717, 1.165) is 44.8 Å². The van der Waals surface area contributed by atoms with Crippen LogP contribution < -0.4 is 0 Å². The summed E-state index contributed by atoms with van der Waals surface area (Å²) in [5, 5.41) is 0. The average Bonchev–Trinajstić information content (AvgIpc) is 2.83. The Balaban J connectivity index is 1.57. The predicted octanol–water partition coefficient (Wildman–Crippen LogP) is 0.243. The molecule has 0 unspecified atom stereocenters. The fraction of sp³-hybridized carbons (Fsp3) is 0.714. The van der Waals surface area contributed by atoms with Crippen LogP contribution in [0.4, 0.5) is 0 Å². The van der Waals surface area contributed by atoms with Gasteiger partial charge in [0.15, 0.2) is 0 Å². The molecule has 0 radical (unpaired) electrons. The Morgan fingerprint density at radius 3 is 2.70 bits per heavy atom. The van der Waals surface area contributed by atoms with Crippen molar-refractivity contribution in [2.45, 2.75) is 25.0 Å². The van der Waals surface area contributed by atoms with E-state index in [0.29, 0.717) is 0 Å². The van der Waals surface area contributed by atoms with E-state index in [4.69, 9.17) is 4.74 Å².